The summed E-state index contributed by atoms with van der Waals surface area (Å²) in [7, 11) is 0. The minimum absolute atomic E-state index is 0.297. The second-order valence-corrected chi connectivity index (χ2v) is 5.84. The molecular formula is C11H14N2O3S2. The summed E-state index contributed by atoms with van der Waals surface area (Å²) in [5, 5.41) is 15.7. The van der Waals surface area contributed by atoms with Crippen LogP contribution in [0.1, 0.15) is 5.56 Å². The largest absolute Gasteiger partial charge is 0.480 e. The number of aliphatic carboxylic acids is 1. The zero-order chi connectivity index (χ0) is 13.0. The van der Waals surface area contributed by atoms with E-state index in [2.05, 4.69) is 5.32 Å². The molecule has 1 fully saturated rings. The summed E-state index contributed by atoms with van der Waals surface area (Å²) in [4.78, 5) is 24.4. The van der Waals surface area contributed by atoms with Crippen LogP contribution in [0, 0.1) is 0 Å². The monoisotopic (exact) mass is 286 g/mol. The van der Waals surface area contributed by atoms with Crippen molar-refractivity contribution in [3.8, 4) is 0 Å². The van der Waals surface area contributed by atoms with Gasteiger partial charge < -0.3 is 15.3 Å². The van der Waals surface area contributed by atoms with E-state index in [1.54, 1.807) is 23.1 Å². The molecule has 2 amide bonds. The maximum absolute atomic E-state index is 12.0. The molecule has 1 aromatic rings. The summed E-state index contributed by atoms with van der Waals surface area (Å²) in [6.45, 7) is 0.926. The summed E-state index contributed by atoms with van der Waals surface area (Å²) >= 11 is 3.14. The fourth-order valence-corrected chi connectivity index (χ4v) is 3.43. The smallest absolute Gasteiger partial charge is 0.327 e. The van der Waals surface area contributed by atoms with Crippen molar-refractivity contribution in [1.29, 1.82) is 0 Å². The van der Waals surface area contributed by atoms with E-state index in [9.17, 15) is 9.59 Å². The van der Waals surface area contributed by atoms with Crippen molar-refractivity contribution in [2.75, 3.05) is 18.1 Å². The minimum Gasteiger partial charge on any atom is -0.480 e. The molecule has 18 heavy (non-hydrogen) atoms. The number of carboxylic acids is 1. The quantitative estimate of drug-likeness (QED) is 0.882. The number of nitrogens with zero attached hydrogens (tertiary/aromatic N) is 1. The molecule has 0 aromatic carbocycles. The van der Waals surface area contributed by atoms with Gasteiger partial charge in [-0.1, -0.05) is 0 Å². The summed E-state index contributed by atoms with van der Waals surface area (Å²) in [6.07, 6.45) is 0. The fraction of sp³-hybridized carbons (Fsp3) is 0.455. The molecule has 1 aromatic heterocycles. The first-order chi connectivity index (χ1) is 8.68. The number of thioether (sulfide) groups is 1. The highest BCUT2D eigenvalue weighted by atomic mass is 32.2. The molecule has 0 bridgehead atoms. The lowest BCUT2D eigenvalue weighted by atomic mass is 10.3. The molecule has 1 saturated heterocycles. The van der Waals surface area contributed by atoms with Gasteiger partial charge >= 0.3 is 12.0 Å². The van der Waals surface area contributed by atoms with Gasteiger partial charge in [-0.2, -0.15) is 23.1 Å². The number of hydrogen-bond acceptors (Lipinski definition) is 4. The molecule has 0 radical (unpaired) electrons. The normalized spacial score (nSPS) is 19.6. The van der Waals surface area contributed by atoms with Crippen LogP contribution in [0.25, 0.3) is 0 Å². The maximum Gasteiger partial charge on any atom is 0.327 e. The topological polar surface area (TPSA) is 69.6 Å². The lowest BCUT2D eigenvalue weighted by molar-refractivity contribution is -0.141. The Bertz CT molecular complexity index is 422. The first-order valence-electron chi connectivity index (χ1n) is 5.54. The Morgan fingerprint density at radius 2 is 2.39 bits per heavy atom. The average Bonchev–Trinajstić information content (AvgIpc) is 2.89. The highest BCUT2D eigenvalue weighted by molar-refractivity contribution is 7.99. The molecule has 0 saturated carbocycles. The van der Waals surface area contributed by atoms with Crippen molar-refractivity contribution >= 4 is 35.1 Å². The summed E-state index contributed by atoms with van der Waals surface area (Å²) in [6, 6.07) is 0.922. The molecule has 98 valence electrons. The van der Waals surface area contributed by atoms with Gasteiger partial charge in [-0.3, -0.25) is 0 Å². The fourth-order valence-electron chi connectivity index (χ4n) is 1.72. The zero-order valence-electron chi connectivity index (χ0n) is 9.67. The minimum atomic E-state index is -0.937. The van der Waals surface area contributed by atoms with Crippen molar-refractivity contribution in [1.82, 2.24) is 10.2 Å². The molecule has 7 heteroatoms. The highest BCUT2D eigenvalue weighted by Crippen LogP contribution is 2.17. The van der Waals surface area contributed by atoms with Crippen molar-refractivity contribution in [3.63, 3.8) is 0 Å². The molecule has 0 aliphatic carbocycles. The Kier molecular flexibility index (Phi) is 4.48. The molecular weight excluding hydrogens is 272 g/mol. The lowest BCUT2D eigenvalue weighted by Gasteiger charge is -2.32. The molecule has 0 spiro atoms. The third kappa shape index (κ3) is 3.17. The number of amides is 2. The van der Waals surface area contributed by atoms with Crippen LogP contribution in [-0.4, -0.2) is 46.1 Å². The van der Waals surface area contributed by atoms with E-state index in [1.807, 2.05) is 16.8 Å². The van der Waals surface area contributed by atoms with Gasteiger partial charge in [0, 0.05) is 24.6 Å². The van der Waals surface area contributed by atoms with Crippen LogP contribution in [0.2, 0.25) is 0 Å². The van der Waals surface area contributed by atoms with Crippen LogP contribution >= 0.6 is 23.1 Å². The molecule has 2 N–H and O–H groups in total. The number of thiophene rings is 1. The van der Waals surface area contributed by atoms with Crippen molar-refractivity contribution in [2.24, 2.45) is 0 Å². The number of carbonyl (C=O) groups is 2. The van der Waals surface area contributed by atoms with E-state index < -0.39 is 12.0 Å². The van der Waals surface area contributed by atoms with Gasteiger partial charge in [0.25, 0.3) is 0 Å². The van der Waals surface area contributed by atoms with Crippen LogP contribution in [-0.2, 0) is 11.3 Å². The second kappa shape index (κ2) is 6.10. The van der Waals surface area contributed by atoms with Crippen LogP contribution in [0.4, 0.5) is 4.79 Å². The van der Waals surface area contributed by atoms with Gasteiger partial charge in [-0.05, 0) is 22.4 Å². The molecule has 1 aliphatic rings. The SMILES string of the molecule is O=C(O)C1CSCCN1C(=O)NCc1ccsc1. The molecule has 1 unspecified atom stereocenters. The van der Waals surface area contributed by atoms with Gasteiger partial charge in [0.1, 0.15) is 6.04 Å². The second-order valence-electron chi connectivity index (χ2n) is 3.91. The number of urea groups is 1. The maximum atomic E-state index is 12.0. The number of rotatable bonds is 3. The molecule has 2 heterocycles. The molecule has 5 nitrogen and oxygen atoms in total. The Balaban J connectivity index is 1.92. The Morgan fingerprint density at radius 1 is 1.56 bits per heavy atom. The van der Waals surface area contributed by atoms with Crippen LogP contribution in [0.3, 0.4) is 0 Å². The molecule has 2 rings (SSSR count). The third-order valence-corrected chi connectivity index (χ3v) is 4.45. The van der Waals surface area contributed by atoms with E-state index in [0.29, 0.717) is 18.8 Å². The number of carbonyl (C=O) groups excluding carboxylic acids is 1. The van der Waals surface area contributed by atoms with Crippen molar-refractivity contribution < 1.29 is 14.7 Å². The van der Waals surface area contributed by atoms with E-state index in [4.69, 9.17) is 5.11 Å². The zero-order valence-corrected chi connectivity index (χ0v) is 11.3. The van der Waals surface area contributed by atoms with Crippen LogP contribution in [0.5, 0.6) is 0 Å². The number of hydrogen-bond donors (Lipinski definition) is 2. The van der Waals surface area contributed by atoms with Gasteiger partial charge in [0.05, 0.1) is 0 Å². The predicted octanol–water partition coefficient (Wildman–Crippen LogP) is 1.46. The van der Waals surface area contributed by atoms with Crippen molar-refractivity contribution in [2.45, 2.75) is 12.6 Å². The van der Waals surface area contributed by atoms with Gasteiger partial charge in [-0.25, -0.2) is 9.59 Å². The lowest BCUT2D eigenvalue weighted by Crippen LogP contribution is -2.53. The summed E-state index contributed by atoms with van der Waals surface area (Å²) in [5.41, 5.74) is 1.03. The Hall–Kier alpha value is -1.21. The number of nitrogens with one attached hydrogen (secondary N) is 1. The average molecular weight is 286 g/mol. The standard InChI is InChI=1S/C11H14N2O3S2/c14-10(15)9-7-18-4-2-13(9)11(16)12-5-8-1-3-17-6-8/h1,3,6,9H,2,4-5,7H2,(H,12,16)(H,14,15). The van der Waals surface area contributed by atoms with Crippen molar-refractivity contribution in [3.05, 3.63) is 22.4 Å². The molecule has 1 atom stereocenters. The van der Waals surface area contributed by atoms with E-state index >= 15 is 0 Å². The first kappa shape index (κ1) is 13.2. The van der Waals surface area contributed by atoms with Gasteiger partial charge in [-0.15, -0.1) is 0 Å². The first-order valence-corrected chi connectivity index (χ1v) is 7.64. The summed E-state index contributed by atoms with van der Waals surface area (Å²) in [5.74, 6) is 0.310. The van der Waals surface area contributed by atoms with E-state index in [1.165, 1.54) is 4.90 Å². The van der Waals surface area contributed by atoms with Crippen LogP contribution < -0.4 is 5.32 Å². The van der Waals surface area contributed by atoms with E-state index in [-0.39, 0.29) is 6.03 Å². The van der Waals surface area contributed by atoms with Gasteiger partial charge in [0.15, 0.2) is 0 Å². The highest BCUT2D eigenvalue weighted by Gasteiger charge is 2.32. The summed E-state index contributed by atoms with van der Waals surface area (Å²) < 4.78 is 0. The predicted molar refractivity (Wildman–Crippen MR) is 72.0 cm³/mol. The van der Waals surface area contributed by atoms with Gasteiger partial charge in [0.2, 0.25) is 0 Å². The Morgan fingerprint density at radius 3 is 3.06 bits per heavy atom. The Labute approximate surface area is 113 Å². The van der Waals surface area contributed by atoms with E-state index in [0.717, 1.165) is 11.3 Å². The number of carboxylic acid groups (broad SMARTS) is 1. The van der Waals surface area contributed by atoms with Crippen LogP contribution in [0.15, 0.2) is 16.8 Å². The third-order valence-electron chi connectivity index (χ3n) is 2.70. The molecule has 1 aliphatic heterocycles.